The summed E-state index contributed by atoms with van der Waals surface area (Å²) < 4.78 is 11.5. The predicted octanol–water partition coefficient (Wildman–Crippen LogP) is 1.65. The Kier molecular flexibility index (Phi) is 4.43. The Bertz CT molecular complexity index is 203. The molecule has 0 aromatic heterocycles. The van der Waals surface area contributed by atoms with Gasteiger partial charge < -0.3 is 9.47 Å². The van der Waals surface area contributed by atoms with Gasteiger partial charge in [0, 0.05) is 25.0 Å². The first-order valence-corrected chi connectivity index (χ1v) is 6.95. The fourth-order valence-electron chi connectivity index (χ4n) is 2.35. The van der Waals surface area contributed by atoms with E-state index in [1.807, 2.05) is 0 Å². The summed E-state index contributed by atoms with van der Waals surface area (Å²) in [5, 5.41) is 0.936. The van der Waals surface area contributed by atoms with Crippen LogP contribution in [0.5, 0.6) is 0 Å². The van der Waals surface area contributed by atoms with Gasteiger partial charge in [-0.2, -0.15) is 0 Å². The van der Waals surface area contributed by atoms with Gasteiger partial charge in [-0.1, -0.05) is 15.9 Å². The van der Waals surface area contributed by atoms with E-state index in [4.69, 9.17) is 9.47 Å². The standard InChI is InChI=1S/C11H20BrNO2/c1-9-2-3-10(15-9)7-13-4-5-14-11(6-12)8-13/h9-11H,2-8H2,1H3. The second kappa shape index (κ2) is 5.62. The average molecular weight is 278 g/mol. The van der Waals surface area contributed by atoms with Crippen molar-refractivity contribution in [1.29, 1.82) is 0 Å². The van der Waals surface area contributed by atoms with Crippen LogP contribution in [0.4, 0.5) is 0 Å². The molecule has 0 N–H and O–H groups in total. The van der Waals surface area contributed by atoms with Crippen LogP contribution in [0.2, 0.25) is 0 Å². The minimum atomic E-state index is 0.359. The zero-order chi connectivity index (χ0) is 10.7. The van der Waals surface area contributed by atoms with Gasteiger partial charge in [0.25, 0.3) is 0 Å². The van der Waals surface area contributed by atoms with Gasteiger partial charge in [0.15, 0.2) is 0 Å². The summed E-state index contributed by atoms with van der Waals surface area (Å²) in [4.78, 5) is 2.47. The first-order chi connectivity index (χ1) is 7.28. The number of nitrogens with zero attached hydrogens (tertiary/aromatic N) is 1. The molecule has 2 aliphatic heterocycles. The Hall–Kier alpha value is 0.360. The Morgan fingerprint density at radius 1 is 1.33 bits per heavy atom. The van der Waals surface area contributed by atoms with Crippen LogP contribution in [-0.2, 0) is 9.47 Å². The fraction of sp³-hybridized carbons (Fsp3) is 1.00. The van der Waals surface area contributed by atoms with Crippen LogP contribution in [0.15, 0.2) is 0 Å². The number of hydrogen-bond donors (Lipinski definition) is 0. The number of morpholine rings is 1. The van der Waals surface area contributed by atoms with Crippen LogP contribution in [0.1, 0.15) is 19.8 Å². The van der Waals surface area contributed by atoms with Crippen molar-refractivity contribution in [3.8, 4) is 0 Å². The smallest absolute Gasteiger partial charge is 0.0799 e. The molecule has 0 saturated carbocycles. The van der Waals surface area contributed by atoms with Gasteiger partial charge in [0.2, 0.25) is 0 Å². The molecule has 2 heterocycles. The predicted molar refractivity (Wildman–Crippen MR) is 63.5 cm³/mol. The molecule has 2 fully saturated rings. The minimum Gasteiger partial charge on any atom is -0.375 e. The van der Waals surface area contributed by atoms with E-state index < -0.39 is 0 Å². The van der Waals surface area contributed by atoms with Gasteiger partial charge >= 0.3 is 0 Å². The molecule has 0 spiro atoms. The summed E-state index contributed by atoms with van der Waals surface area (Å²) in [6, 6.07) is 0. The third-order valence-corrected chi connectivity index (χ3v) is 3.90. The topological polar surface area (TPSA) is 21.7 Å². The Morgan fingerprint density at radius 3 is 2.87 bits per heavy atom. The number of halogens is 1. The molecule has 0 amide bonds. The van der Waals surface area contributed by atoms with E-state index in [1.54, 1.807) is 0 Å². The van der Waals surface area contributed by atoms with Gasteiger partial charge in [-0.05, 0) is 19.8 Å². The number of rotatable bonds is 3. The zero-order valence-corrected chi connectivity index (χ0v) is 10.9. The lowest BCUT2D eigenvalue weighted by Gasteiger charge is -2.33. The number of hydrogen-bond acceptors (Lipinski definition) is 3. The molecule has 2 saturated heterocycles. The van der Waals surface area contributed by atoms with Crippen molar-refractivity contribution in [3.05, 3.63) is 0 Å². The van der Waals surface area contributed by atoms with Crippen molar-refractivity contribution in [2.75, 3.05) is 31.6 Å². The molecular formula is C11H20BrNO2. The molecule has 0 bridgehead atoms. The molecule has 3 atom stereocenters. The lowest BCUT2D eigenvalue weighted by atomic mass is 10.2. The average Bonchev–Trinajstić information content (AvgIpc) is 2.64. The quantitative estimate of drug-likeness (QED) is 0.733. The fourth-order valence-corrected chi connectivity index (χ4v) is 2.74. The van der Waals surface area contributed by atoms with Gasteiger partial charge in [-0.25, -0.2) is 0 Å². The normalized spacial score (nSPS) is 38.4. The van der Waals surface area contributed by atoms with E-state index in [0.29, 0.717) is 18.3 Å². The maximum Gasteiger partial charge on any atom is 0.0799 e. The maximum atomic E-state index is 5.84. The third-order valence-electron chi connectivity index (χ3n) is 3.18. The molecule has 0 aromatic rings. The van der Waals surface area contributed by atoms with Crippen molar-refractivity contribution in [2.45, 2.75) is 38.1 Å². The second-order valence-corrected chi connectivity index (χ2v) is 5.20. The SMILES string of the molecule is CC1CCC(CN2CCOC(CBr)C2)O1. The second-order valence-electron chi connectivity index (χ2n) is 4.55. The molecule has 4 heteroatoms. The van der Waals surface area contributed by atoms with Gasteiger partial charge in [0.1, 0.15) is 0 Å². The van der Waals surface area contributed by atoms with Crippen LogP contribution < -0.4 is 0 Å². The first-order valence-electron chi connectivity index (χ1n) is 5.83. The molecule has 0 aromatic carbocycles. The van der Waals surface area contributed by atoms with E-state index in [1.165, 1.54) is 12.8 Å². The van der Waals surface area contributed by atoms with Crippen LogP contribution >= 0.6 is 15.9 Å². The Balaban J connectivity index is 1.74. The molecule has 3 nitrogen and oxygen atoms in total. The van der Waals surface area contributed by atoms with E-state index >= 15 is 0 Å². The summed E-state index contributed by atoms with van der Waals surface area (Å²) in [6.45, 7) is 6.20. The zero-order valence-electron chi connectivity index (χ0n) is 9.32. The van der Waals surface area contributed by atoms with Crippen molar-refractivity contribution in [1.82, 2.24) is 4.90 Å². The largest absolute Gasteiger partial charge is 0.375 e. The van der Waals surface area contributed by atoms with Gasteiger partial charge in [-0.3, -0.25) is 4.90 Å². The highest BCUT2D eigenvalue weighted by Crippen LogP contribution is 2.20. The van der Waals surface area contributed by atoms with Crippen LogP contribution in [0.25, 0.3) is 0 Å². The molecule has 2 aliphatic rings. The minimum absolute atomic E-state index is 0.359. The molecule has 0 aliphatic carbocycles. The van der Waals surface area contributed by atoms with Crippen molar-refractivity contribution < 1.29 is 9.47 Å². The van der Waals surface area contributed by atoms with Crippen molar-refractivity contribution >= 4 is 15.9 Å². The van der Waals surface area contributed by atoms with Crippen LogP contribution in [0, 0.1) is 0 Å². The highest BCUT2D eigenvalue weighted by molar-refractivity contribution is 9.09. The molecule has 88 valence electrons. The molecule has 2 rings (SSSR count). The first kappa shape index (κ1) is 11.8. The molecule has 0 radical (unpaired) electrons. The summed E-state index contributed by atoms with van der Waals surface area (Å²) in [7, 11) is 0. The summed E-state index contributed by atoms with van der Waals surface area (Å²) in [5.74, 6) is 0. The number of ether oxygens (including phenoxy) is 2. The maximum absolute atomic E-state index is 5.84. The van der Waals surface area contributed by atoms with E-state index in [-0.39, 0.29) is 0 Å². The summed E-state index contributed by atoms with van der Waals surface area (Å²) in [6.07, 6.45) is 3.71. The van der Waals surface area contributed by atoms with Gasteiger partial charge in [-0.15, -0.1) is 0 Å². The Labute approximate surface area is 100 Å². The van der Waals surface area contributed by atoms with E-state index in [9.17, 15) is 0 Å². The summed E-state index contributed by atoms with van der Waals surface area (Å²) in [5.41, 5.74) is 0. The highest BCUT2D eigenvalue weighted by atomic mass is 79.9. The molecular weight excluding hydrogens is 258 g/mol. The summed E-state index contributed by atoms with van der Waals surface area (Å²) >= 11 is 3.48. The lowest BCUT2D eigenvalue weighted by Crippen LogP contribution is -2.46. The molecule has 15 heavy (non-hydrogen) atoms. The molecule has 3 unspecified atom stereocenters. The Morgan fingerprint density at radius 2 is 2.20 bits per heavy atom. The van der Waals surface area contributed by atoms with Crippen LogP contribution in [-0.4, -0.2) is 54.8 Å². The van der Waals surface area contributed by atoms with E-state index in [0.717, 1.165) is 31.6 Å². The van der Waals surface area contributed by atoms with Crippen LogP contribution in [0.3, 0.4) is 0 Å². The monoisotopic (exact) mass is 277 g/mol. The highest BCUT2D eigenvalue weighted by Gasteiger charge is 2.26. The van der Waals surface area contributed by atoms with E-state index in [2.05, 4.69) is 27.8 Å². The van der Waals surface area contributed by atoms with Gasteiger partial charge in [0.05, 0.1) is 24.9 Å². The third kappa shape index (κ3) is 3.41. The number of alkyl halides is 1. The lowest BCUT2D eigenvalue weighted by molar-refractivity contribution is -0.0386. The van der Waals surface area contributed by atoms with Crippen molar-refractivity contribution in [2.24, 2.45) is 0 Å². The van der Waals surface area contributed by atoms with Crippen molar-refractivity contribution in [3.63, 3.8) is 0 Å².